The van der Waals surface area contributed by atoms with E-state index in [2.05, 4.69) is 4.90 Å². The summed E-state index contributed by atoms with van der Waals surface area (Å²) in [4.78, 5) is 17.5. The minimum atomic E-state index is -0.144. The second-order valence-electron chi connectivity index (χ2n) is 8.86. The second kappa shape index (κ2) is 11.1. The molecule has 0 bridgehead atoms. The number of hydrogen-bond acceptors (Lipinski definition) is 5. The first-order valence-corrected chi connectivity index (χ1v) is 11.6. The molecular weight excluding hydrogens is 411 g/mol. The zero-order chi connectivity index (χ0) is 22.3. The smallest absolute Gasteiger partial charge is 0.289 e. The minimum absolute atomic E-state index is 0.0864. The highest BCUT2D eigenvalue weighted by atomic mass is 19.1. The van der Waals surface area contributed by atoms with Crippen LogP contribution in [0.15, 0.2) is 40.8 Å². The molecule has 4 rings (SSSR count). The molecule has 2 saturated heterocycles. The highest BCUT2D eigenvalue weighted by Gasteiger charge is 2.29. The van der Waals surface area contributed by atoms with E-state index in [1.165, 1.54) is 6.07 Å². The number of likely N-dealkylation sites (tertiary alicyclic amines) is 1. The number of carbonyl (C=O) groups excluding carboxylic acids is 1. The number of hydrogen-bond donors (Lipinski definition) is 0. The van der Waals surface area contributed by atoms with Crippen LogP contribution in [-0.2, 0) is 22.6 Å². The fraction of sp³-hybridized carbons (Fsp3) is 0.560. The molecule has 1 amide bonds. The fourth-order valence-corrected chi connectivity index (χ4v) is 4.65. The zero-order valence-electron chi connectivity index (χ0n) is 18.8. The average molecular weight is 445 g/mol. The van der Waals surface area contributed by atoms with Crippen molar-refractivity contribution in [3.63, 3.8) is 0 Å². The van der Waals surface area contributed by atoms with Gasteiger partial charge in [-0.1, -0.05) is 18.2 Å². The number of halogens is 1. The Morgan fingerprint density at radius 1 is 1.16 bits per heavy atom. The standard InChI is InChI=1S/C25H33FN2O4/c1-30-18-22-8-9-24(32-22)25(29)28(17-21-6-4-14-31-21)15-19-10-12-27(13-11-19)16-20-5-2-3-7-23(20)26/h2-3,5,7-9,19,21H,4,6,10-18H2,1H3/t21-/m0/s1. The number of ether oxygens (including phenoxy) is 2. The maximum absolute atomic E-state index is 14.0. The monoisotopic (exact) mass is 444 g/mol. The molecule has 1 aromatic carbocycles. The van der Waals surface area contributed by atoms with Gasteiger partial charge < -0.3 is 18.8 Å². The lowest BCUT2D eigenvalue weighted by Crippen LogP contribution is -2.43. The van der Waals surface area contributed by atoms with Crippen molar-refractivity contribution in [2.24, 2.45) is 5.92 Å². The van der Waals surface area contributed by atoms with E-state index in [4.69, 9.17) is 13.9 Å². The van der Waals surface area contributed by atoms with E-state index in [1.807, 2.05) is 17.0 Å². The van der Waals surface area contributed by atoms with E-state index < -0.39 is 0 Å². The van der Waals surface area contributed by atoms with E-state index in [-0.39, 0.29) is 17.8 Å². The fourth-order valence-electron chi connectivity index (χ4n) is 4.65. The topological polar surface area (TPSA) is 55.2 Å². The number of methoxy groups -OCH3 is 1. The van der Waals surface area contributed by atoms with Crippen molar-refractivity contribution in [3.8, 4) is 0 Å². The summed E-state index contributed by atoms with van der Waals surface area (Å²) in [5, 5.41) is 0. The van der Waals surface area contributed by atoms with Crippen LogP contribution in [0.5, 0.6) is 0 Å². The molecule has 7 heteroatoms. The summed E-state index contributed by atoms with van der Waals surface area (Å²) in [6.45, 7) is 4.83. The van der Waals surface area contributed by atoms with E-state index in [0.717, 1.165) is 50.9 Å². The highest BCUT2D eigenvalue weighted by molar-refractivity contribution is 5.91. The number of rotatable bonds is 9. The van der Waals surface area contributed by atoms with Crippen molar-refractivity contribution in [1.29, 1.82) is 0 Å². The Kier molecular flexibility index (Phi) is 7.95. The normalized spacial score (nSPS) is 20.0. The second-order valence-corrected chi connectivity index (χ2v) is 8.86. The Morgan fingerprint density at radius 2 is 1.97 bits per heavy atom. The third-order valence-electron chi connectivity index (χ3n) is 6.43. The van der Waals surface area contributed by atoms with Gasteiger partial charge in [0.15, 0.2) is 5.76 Å². The van der Waals surface area contributed by atoms with Crippen molar-refractivity contribution in [2.45, 2.75) is 44.9 Å². The van der Waals surface area contributed by atoms with Crippen LogP contribution >= 0.6 is 0 Å². The van der Waals surface area contributed by atoms with Gasteiger partial charge in [0.05, 0.1) is 6.10 Å². The molecule has 0 saturated carbocycles. The third-order valence-corrected chi connectivity index (χ3v) is 6.43. The molecule has 2 fully saturated rings. The number of nitrogens with zero attached hydrogens (tertiary/aromatic N) is 2. The predicted molar refractivity (Wildman–Crippen MR) is 119 cm³/mol. The Labute approximate surface area is 189 Å². The molecule has 0 radical (unpaired) electrons. The first-order chi connectivity index (χ1) is 15.6. The molecule has 32 heavy (non-hydrogen) atoms. The molecular formula is C25H33FN2O4. The Hall–Kier alpha value is -2.22. The lowest BCUT2D eigenvalue weighted by Gasteiger charge is -2.35. The molecule has 6 nitrogen and oxygen atoms in total. The zero-order valence-corrected chi connectivity index (χ0v) is 18.8. The Bertz CT molecular complexity index is 872. The van der Waals surface area contributed by atoms with Crippen LogP contribution in [0.2, 0.25) is 0 Å². The van der Waals surface area contributed by atoms with E-state index in [0.29, 0.717) is 43.7 Å². The number of amides is 1. The molecule has 2 aliphatic heterocycles. The lowest BCUT2D eigenvalue weighted by molar-refractivity contribution is 0.0418. The van der Waals surface area contributed by atoms with Gasteiger partial charge in [0.1, 0.15) is 18.2 Å². The van der Waals surface area contributed by atoms with Gasteiger partial charge in [-0.05, 0) is 62.9 Å². The van der Waals surface area contributed by atoms with Gasteiger partial charge in [0, 0.05) is 38.9 Å². The summed E-state index contributed by atoms with van der Waals surface area (Å²) in [6, 6.07) is 10.5. The third kappa shape index (κ3) is 5.97. The van der Waals surface area contributed by atoms with Gasteiger partial charge in [-0.25, -0.2) is 4.39 Å². The summed E-state index contributed by atoms with van der Waals surface area (Å²) in [5.41, 5.74) is 0.741. The van der Waals surface area contributed by atoms with Gasteiger partial charge in [-0.3, -0.25) is 9.69 Å². The Balaban J connectivity index is 1.35. The largest absolute Gasteiger partial charge is 0.453 e. The lowest BCUT2D eigenvalue weighted by atomic mass is 9.95. The van der Waals surface area contributed by atoms with Gasteiger partial charge in [0.25, 0.3) is 5.91 Å². The quantitative estimate of drug-likeness (QED) is 0.583. The average Bonchev–Trinajstić information content (AvgIpc) is 3.48. The number of piperidine rings is 1. The molecule has 174 valence electrons. The van der Waals surface area contributed by atoms with E-state index >= 15 is 0 Å². The molecule has 1 aromatic heterocycles. The number of benzene rings is 1. The molecule has 0 spiro atoms. The van der Waals surface area contributed by atoms with E-state index in [9.17, 15) is 9.18 Å². The van der Waals surface area contributed by atoms with Crippen molar-refractivity contribution < 1.29 is 23.1 Å². The highest BCUT2D eigenvalue weighted by Crippen LogP contribution is 2.24. The SMILES string of the molecule is COCc1ccc(C(=O)N(CC2CCN(Cc3ccccc3F)CC2)C[C@@H]2CCCO2)o1. The van der Waals surface area contributed by atoms with Crippen molar-refractivity contribution in [1.82, 2.24) is 9.80 Å². The summed E-state index contributed by atoms with van der Waals surface area (Å²) < 4.78 is 30.6. The minimum Gasteiger partial charge on any atom is -0.453 e. The summed E-state index contributed by atoms with van der Waals surface area (Å²) in [7, 11) is 1.60. The van der Waals surface area contributed by atoms with Crippen molar-refractivity contribution in [3.05, 3.63) is 59.3 Å². The summed E-state index contributed by atoms with van der Waals surface area (Å²) >= 11 is 0. The maximum atomic E-state index is 14.0. The predicted octanol–water partition coefficient (Wildman–Crippen LogP) is 4.10. The van der Waals surface area contributed by atoms with Gasteiger partial charge in [0.2, 0.25) is 0 Å². The van der Waals surface area contributed by atoms with Crippen LogP contribution in [0.4, 0.5) is 4.39 Å². The molecule has 0 N–H and O–H groups in total. The molecule has 2 aliphatic rings. The van der Waals surface area contributed by atoms with Crippen molar-refractivity contribution >= 4 is 5.91 Å². The van der Waals surface area contributed by atoms with Crippen LogP contribution in [0.25, 0.3) is 0 Å². The van der Waals surface area contributed by atoms with Gasteiger partial charge >= 0.3 is 0 Å². The summed E-state index contributed by atoms with van der Waals surface area (Å²) in [5.74, 6) is 1.18. The first-order valence-electron chi connectivity index (χ1n) is 11.6. The van der Waals surface area contributed by atoms with Crippen LogP contribution in [0.1, 0.15) is 47.6 Å². The molecule has 1 atom stereocenters. The molecule has 0 aliphatic carbocycles. The molecule has 0 unspecified atom stereocenters. The number of furan rings is 1. The van der Waals surface area contributed by atoms with Crippen LogP contribution in [0.3, 0.4) is 0 Å². The van der Waals surface area contributed by atoms with Crippen molar-refractivity contribution in [2.75, 3.05) is 39.9 Å². The first kappa shape index (κ1) is 23.0. The Morgan fingerprint density at radius 3 is 2.69 bits per heavy atom. The maximum Gasteiger partial charge on any atom is 0.289 e. The van der Waals surface area contributed by atoms with Crippen LogP contribution < -0.4 is 0 Å². The molecule has 2 aromatic rings. The summed E-state index contributed by atoms with van der Waals surface area (Å²) in [6.07, 6.45) is 4.08. The van der Waals surface area contributed by atoms with E-state index in [1.54, 1.807) is 25.3 Å². The van der Waals surface area contributed by atoms with Gasteiger partial charge in [-0.15, -0.1) is 0 Å². The van der Waals surface area contributed by atoms with Crippen LogP contribution in [0, 0.1) is 11.7 Å². The number of carbonyl (C=O) groups is 1. The molecule has 3 heterocycles. The van der Waals surface area contributed by atoms with Gasteiger partial charge in [-0.2, -0.15) is 0 Å². The van der Waals surface area contributed by atoms with Crippen LogP contribution in [-0.4, -0.2) is 61.7 Å².